The topological polar surface area (TPSA) is 100 Å². The molecule has 0 radical (unpaired) electrons. The number of hydrogen-bond donors (Lipinski definition) is 3. The molecule has 1 aromatic heterocycles. The number of benzene rings is 1. The van der Waals surface area contributed by atoms with Crippen LogP contribution >= 0.6 is 0 Å². The number of carbonyl (C=O) groups is 3. The van der Waals surface area contributed by atoms with Gasteiger partial charge in [0, 0.05) is 18.7 Å². The molecule has 144 valence electrons. The van der Waals surface area contributed by atoms with E-state index in [1.165, 1.54) is 6.26 Å². The van der Waals surface area contributed by atoms with Crippen molar-refractivity contribution >= 4 is 17.7 Å². The number of hydrogen-bond acceptors (Lipinski definition) is 4. The normalized spacial score (nSPS) is 11.7. The molecule has 0 fully saturated rings. The van der Waals surface area contributed by atoms with E-state index in [0.29, 0.717) is 5.56 Å². The minimum absolute atomic E-state index is 0.0873. The molecule has 1 aromatic carbocycles. The van der Waals surface area contributed by atoms with E-state index in [-0.39, 0.29) is 42.5 Å². The summed E-state index contributed by atoms with van der Waals surface area (Å²) < 4.78 is 4.99. The van der Waals surface area contributed by atoms with Gasteiger partial charge in [-0.15, -0.1) is 0 Å². The third-order valence-electron chi connectivity index (χ3n) is 4.08. The maximum absolute atomic E-state index is 12.5. The number of aryl methyl sites for hydroxylation is 1. The summed E-state index contributed by atoms with van der Waals surface area (Å²) in [5.74, 6) is -0.794. The number of rotatable bonds is 8. The molecular weight excluding hydrogens is 346 g/mol. The summed E-state index contributed by atoms with van der Waals surface area (Å²) >= 11 is 0. The van der Waals surface area contributed by atoms with Crippen LogP contribution in [0.3, 0.4) is 0 Å². The molecule has 2 rings (SSSR count). The molecule has 0 aliphatic heterocycles. The van der Waals surface area contributed by atoms with E-state index in [1.807, 2.05) is 32.9 Å². The van der Waals surface area contributed by atoms with Crippen LogP contribution in [0.1, 0.15) is 40.3 Å². The van der Waals surface area contributed by atoms with Crippen LogP contribution < -0.4 is 16.0 Å². The molecule has 0 aliphatic carbocycles. The first kappa shape index (κ1) is 20.2. The Balaban J connectivity index is 1.84. The average Bonchev–Trinajstić information content (AvgIpc) is 3.17. The maximum atomic E-state index is 12.5. The average molecular weight is 371 g/mol. The molecule has 3 N–H and O–H groups in total. The van der Waals surface area contributed by atoms with Gasteiger partial charge in [-0.3, -0.25) is 14.4 Å². The number of nitrogens with one attached hydrogen (secondary N) is 3. The minimum atomic E-state index is -0.669. The molecule has 1 atom stereocenters. The number of amides is 3. The van der Waals surface area contributed by atoms with E-state index in [9.17, 15) is 14.4 Å². The van der Waals surface area contributed by atoms with Gasteiger partial charge in [-0.2, -0.15) is 0 Å². The molecule has 0 bridgehead atoms. The molecule has 27 heavy (non-hydrogen) atoms. The van der Waals surface area contributed by atoms with Crippen LogP contribution in [-0.2, 0) is 4.79 Å². The quantitative estimate of drug-likeness (QED) is 0.617. The van der Waals surface area contributed by atoms with Crippen LogP contribution in [0, 0.1) is 12.8 Å². The van der Waals surface area contributed by atoms with Crippen LogP contribution in [0.2, 0.25) is 0 Å². The summed E-state index contributed by atoms with van der Waals surface area (Å²) in [5.41, 5.74) is 1.39. The molecule has 2 aromatic rings. The van der Waals surface area contributed by atoms with Crippen molar-refractivity contribution in [3.8, 4) is 0 Å². The zero-order chi connectivity index (χ0) is 19.8. The van der Waals surface area contributed by atoms with E-state index >= 15 is 0 Å². The van der Waals surface area contributed by atoms with Crippen LogP contribution in [0.4, 0.5) is 0 Å². The molecule has 0 saturated heterocycles. The Labute approximate surface area is 158 Å². The van der Waals surface area contributed by atoms with Crippen molar-refractivity contribution in [2.24, 2.45) is 5.92 Å². The van der Waals surface area contributed by atoms with Gasteiger partial charge < -0.3 is 20.4 Å². The SMILES string of the molecule is Cc1ccccc1C(=O)NC(C(=O)NCCNC(=O)c1ccco1)C(C)C. The second-order valence-electron chi connectivity index (χ2n) is 6.53. The van der Waals surface area contributed by atoms with Gasteiger partial charge >= 0.3 is 0 Å². The van der Waals surface area contributed by atoms with Crippen LogP contribution in [0.5, 0.6) is 0 Å². The van der Waals surface area contributed by atoms with Crippen molar-refractivity contribution in [2.45, 2.75) is 26.8 Å². The van der Waals surface area contributed by atoms with Gasteiger partial charge in [0.05, 0.1) is 6.26 Å². The highest BCUT2D eigenvalue weighted by molar-refractivity contribution is 5.98. The Bertz CT molecular complexity index is 784. The van der Waals surface area contributed by atoms with E-state index in [4.69, 9.17) is 4.42 Å². The predicted octanol–water partition coefficient (Wildman–Crippen LogP) is 1.89. The first-order valence-electron chi connectivity index (χ1n) is 8.86. The fourth-order valence-electron chi connectivity index (χ4n) is 2.55. The Hall–Kier alpha value is -3.09. The first-order valence-corrected chi connectivity index (χ1v) is 8.86. The molecule has 3 amide bonds. The van der Waals surface area contributed by atoms with Gasteiger partial charge in [0.25, 0.3) is 11.8 Å². The number of furan rings is 1. The highest BCUT2D eigenvalue weighted by Gasteiger charge is 2.24. The summed E-state index contributed by atoms with van der Waals surface area (Å²) in [6.45, 7) is 6.07. The molecule has 1 heterocycles. The molecule has 7 nitrogen and oxygen atoms in total. The van der Waals surface area contributed by atoms with Crippen molar-refractivity contribution in [1.82, 2.24) is 16.0 Å². The van der Waals surface area contributed by atoms with Crippen LogP contribution in [0.25, 0.3) is 0 Å². The highest BCUT2D eigenvalue weighted by Crippen LogP contribution is 2.09. The third-order valence-corrected chi connectivity index (χ3v) is 4.08. The van der Waals surface area contributed by atoms with Gasteiger partial charge in [0.1, 0.15) is 6.04 Å². The van der Waals surface area contributed by atoms with Crippen molar-refractivity contribution in [3.63, 3.8) is 0 Å². The maximum Gasteiger partial charge on any atom is 0.287 e. The Morgan fingerprint density at radius 2 is 1.67 bits per heavy atom. The van der Waals surface area contributed by atoms with E-state index in [0.717, 1.165) is 5.56 Å². The summed E-state index contributed by atoms with van der Waals surface area (Å²) in [5, 5.41) is 8.18. The second-order valence-corrected chi connectivity index (χ2v) is 6.53. The summed E-state index contributed by atoms with van der Waals surface area (Å²) in [7, 11) is 0. The van der Waals surface area contributed by atoms with Gasteiger partial charge in [0.15, 0.2) is 5.76 Å². The van der Waals surface area contributed by atoms with Gasteiger partial charge in [-0.05, 0) is 36.6 Å². The van der Waals surface area contributed by atoms with Gasteiger partial charge in [-0.25, -0.2) is 0 Å². The van der Waals surface area contributed by atoms with Crippen molar-refractivity contribution in [2.75, 3.05) is 13.1 Å². The lowest BCUT2D eigenvalue weighted by molar-refractivity contribution is -0.123. The Kier molecular flexibility index (Phi) is 7.16. The van der Waals surface area contributed by atoms with E-state index < -0.39 is 6.04 Å². The van der Waals surface area contributed by atoms with Crippen LogP contribution in [-0.4, -0.2) is 36.9 Å². The predicted molar refractivity (Wildman–Crippen MR) is 101 cm³/mol. The largest absolute Gasteiger partial charge is 0.459 e. The third kappa shape index (κ3) is 5.70. The van der Waals surface area contributed by atoms with E-state index in [2.05, 4.69) is 16.0 Å². The summed E-state index contributed by atoms with van der Waals surface area (Å²) in [6.07, 6.45) is 1.42. The molecule has 7 heteroatoms. The standard InChI is InChI=1S/C20H25N3O4/c1-13(2)17(23-18(24)15-8-5-4-7-14(15)3)20(26)22-11-10-21-19(25)16-9-6-12-27-16/h4-9,12-13,17H,10-11H2,1-3H3,(H,21,25)(H,22,26)(H,23,24). The zero-order valence-corrected chi connectivity index (χ0v) is 15.7. The first-order chi connectivity index (χ1) is 12.9. The van der Waals surface area contributed by atoms with Gasteiger partial charge in [-0.1, -0.05) is 32.0 Å². The van der Waals surface area contributed by atoms with E-state index in [1.54, 1.807) is 24.3 Å². The van der Waals surface area contributed by atoms with Crippen molar-refractivity contribution in [3.05, 3.63) is 59.5 Å². The molecular formula is C20H25N3O4. The second kappa shape index (κ2) is 9.56. The van der Waals surface area contributed by atoms with Crippen LogP contribution in [0.15, 0.2) is 47.1 Å². The Morgan fingerprint density at radius 3 is 2.30 bits per heavy atom. The Morgan fingerprint density at radius 1 is 0.963 bits per heavy atom. The molecule has 0 saturated carbocycles. The van der Waals surface area contributed by atoms with Gasteiger partial charge in [0.2, 0.25) is 5.91 Å². The molecule has 0 spiro atoms. The summed E-state index contributed by atoms with van der Waals surface area (Å²) in [6, 6.07) is 9.73. The lowest BCUT2D eigenvalue weighted by atomic mass is 10.0. The van der Waals surface area contributed by atoms with Crippen molar-refractivity contribution < 1.29 is 18.8 Å². The smallest absolute Gasteiger partial charge is 0.287 e. The lowest BCUT2D eigenvalue weighted by Gasteiger charge is -2.22. The minimum Gasteiger partial charge on any atom is -0.459 e. The van der Waals surface area contributed by atoms with Crippen molar-refractivity contribution in [1.29, 1.82) is 0 Å². The fourth-order valence-corrected chi connectivity index (χ4v) is 2.55. The monoisotopic (exact) mass is 371 g/mol. The summed E-state index contributed by atoms with van der Waals surface area (Å²) in [4.78, 5) is 36.7. The molecule has 0 aliphatic rings. The lowest BCUT2D eigenvalue weighted by Crippen LogP contribution is -2.51. The fraction of sp³-hybridized carbons (Fsp3) is 0.350. The number of carbonyl (C=O) groups excluding carboxylic acids is 3. The molecule has 1 unspecified atom stereocenters. The highest BCUT2D eigenvalue weighted by atomic mass is 16.3. The zero-order valence-electron chi connectivity index (χ0n) is 15.7.